The number of rotatable bonds is 4. The summed E-state index contributed by atoms with van der Waals surface area (Å²) >= 11 is 1.61. The van der Waals surface area contributed by atoms with Crippen molar-refractivity contribution in [3.05, 3.63) is 46.9 Å². The van der Waals surface area contributed by atoms with Gasteiger partial charge in [0.2, 0.25) is 0 Å². The summed E-state index contributed by atoms with van der Waals surface area (Å²) in [4.78, 5) is 25.6. The molecule has 1 N–H and O–H groups in total. The Labute approximate surface area is 171 Å². The van der Waals surface area contributed by atoms with Gasteiger partial charge in [0.05, 0.1) is 5.56 Å². The van der Waals surface area contributed by atoms with E-state index in [-0.39, 0.29) is 11.9 Å². The average Bonchev–Trinajstić information content (AvgIpc) is 2.73. The second-order valence-corrected chi connectivity index (χ2v) is 8.51. The number of nitrogens with zero attached hydrogens (tertiary/aromatic N) is 3. The number of piperidine rings is 1. The van der Waals surface area contributed by atoms with Gasteiger partial charge in [-0.2, -0.15) is 0 Å². The van der Waals surface area contributed by atoms with Gasteiger partial charge in [0.25, 0.3) is 5.91 Å². The maximum atomic E-state index is 12.7. The summed E-state index contributed by atoms with van der Waals surface area (Å²) in [6.45, 7) is 3.85. The van der Waals surface area contributed by atoms with Crippen LogP contribution < -0.4 is 10.2 Å². The number of nitrogens with one attached hydrogen (secondary N) is 1. The number of anilines is 1. The number of benzene rings is 1. The van der Waals surface area contributed by atoms with Crippen LogP contribution in [0.3, 0.4) is 0 Å². The molecule has 1 aliphatic carbocycles. The minimum atomic E-state index is 0.0404. The van der Waals surface area contributed by atoms with Crippen LogP contribution in [0.2, 0.25) is 0 Å². The number of aromatic nitrogens is 2. The third kappa shape index (κ3) is 4.02. The predicted octanol–water partition coefficient (Wildman–Crippen LogP) is 3.78. The molecular formula is C22H28N4OS. The number of amides is 1. The molecule has 1 saturated heterocycles. The SMILES string of the molecule is CSc1ccccc1C(=O)NC1CCN(c2nc(C)nc3c2CCCC3)CC1. The summed E-state index contributed by atoms with van der Waals surface area (Å²) in [6, 6.07) is 8.04. The van der Waals surface area contributed by atoms with E-state index in [2.05, 4.69) is 15.2 Å². The molecule has 148 valence electrons. The fourth-order valence-corrected chi connectivity index (χ4v) is 4.88. The van der Waals surface area contributed by atoms with E-state index in [4.69, 9.17) is 4.98 Å². The lowest BCUT2D eigenvalue weighted by Gasteiger charge is -2.35. The number of aryl methyl sites for hydroxylation is 2. The Hall–Kier alpha value is -2.08. The highest BCUT2D eigenvalue weighted by molar-refractivity contribution is 7.98. The Bertz CT molecular complexity index is 862. The fourth-order valence-electron chi connectivity index (χ4n) is 4.29. The van der Waals surface area contributed by atoms with Crippen LogP contribution in [0.4, 0.5) is 5.82 Å². The molecule has 1 aliphatic heterocycles. The summed E-state index contributed by atoms with van der Waals surface area (Å²) in [6.07, 6.45) is 8.54. The molecule has 0 bridgehead atoms. The van der Waals surface area contributed by atoms with Gasteiger partial charge in [-0.1, -0.05) is 12.1 Å². The molecule has 1 fully saturated rings. The summed E-state index contributed by atoms with van der Waals surface area (Å²) in [5, 5.41) is 3.24. The zero-order valence-electron chi connectivity index (χ0n) is 16.7. The van der Waals surface area contributed by atoms with Crippen molar-refractivity contribution in [1.82, 2.24) is 15.3 Å². The van der Waals surface area contributed by atoms with E-state index in [9.17, 15) is 4.79 Å². The van der Waals surface area contributed by atoms with Crippen LogP contribution in [0, 0.1) is 6.92 Å². The molecule has 6 heteroatoms. The van der Waals surface area contributed by atoms with Gasteiger partial charge in [-0.3, -0.25) is 4.79 Å². The summed E-state index contributed by atoms with van der Waals surface area (Å²) in [7, 11) is 0. The Morgan fingerprint density at radius 2 is 1.89 bits per heavy atom. The number of hydrogen-bond acceptors (Lipinski definition) is 5. The second-order valence-electron chi connectivity index (χ2n) is 7.66. The number of hydrogen-bond donors (Lipinski definition) is 1. The lowest BCUT2D eigenvalue weighted by molar-refractivity contribution is 0.0928. The topological polar surface area (TPSA) is 58.1 Å². The van der Waals surface area contributed by atoms with E-state index >= 15 is 0 Å². The zero-order chi connectivity index (χ0) is 19.5. The first-order valence-electron chi connectivity index (χ1n) is 10.2. The first-order chi connectivity index (χ1) is 13.7. The van der Waals surface area contributed by atoms with E-state index in [1.54, 1.807) is 11.8 Å². The van der Waals surface area contributed by atoms with Crippen molar-refractivity contribution in [1.29, 1.82) is 0 Å². The Kier molecular flexibility index (Phi) is 5.85. The van der Waals surface area contributed by atoms with Crippen molar-refractivity contribution in [3.63, 3.8) is 0 Å². The fraction of sp³-hybridized carbons (Fsp3) is 0.500. The quantitative estimate of drug-likeness (QED) is 0.797. The first kappa shape index (κ1) is 19.2. The molecule has 1 amide bonds. The molecule has 2 aromatic rings. The molecule has 2 heterocycles. The minimum absolute atomic E-state index is 0.0404. The molecule has 2 aliphatic rings. The maximum absolute atomic E-state index is 12.7. The van der Waals surface area contributed by atoms with Gasteiger partial charge in [0, 0.05) is 35.3 Å². The third-order valence-electron chi connectivity index (χ3n) is 5.75. The number of thioether (sulfide) groups is 1. The number of carbonyl (C=O) groups excluding carboxylic acids is 1. The zero-order valence-corrected chi connectivity index (χ0v) is 17.5. The molecule has 1 aromatic heterocycles. The smallest absolute Gasteiger partial charge is 0.252 e. The van der Waals surface area contributed by atoms with Gasteiger partial charge in [-0.05, 0) is 63.8 Å². The summed E-state index contributed by atoms with van der Waals surface area (Å²) < 4.78 is 0. The highest BCUT2D eigenvalue weighted by atomic mass is 32.2. The molecule has 0 spiro atoms. The number of fused-ring (bicyclic) bond motifs is 1. The normalized spacial score (nSPS) is 17.3. The van der Waals surface area contributed by atoms with E-state index in [0.29, 0.717) is 0 Å². The number of carbonyl (C=O) groups is 1. The van der Waals surface area contributed by atoms with Crippen LogP contribution in [-0.2, 0) is 12.8 Å². The van der Waals surface area contributed by atoms with Crippen molar-refractivity contribution in [2.45, 2.75) is 56.4 Å². The molecule has 28 heavy (non-hydrogen) atoms. The molecule has 1 aromatic carbocycles. The first-order valence-corrected chi connectivity index (χ1v) is 11.4. The van der Waals surface area contributed by atoms with Gasteiger partial charge < -0.3 is 10.2 Å². The second kappa shape index (κ2) is 8.52. The van der Waals surface area contributed by atoms with Crippen molar-refractivity contribution >= 4 is 23.5 Å². The van der Waals surface area contributed by atoms with Gasteiger partial charge in [0.15, 0.2) is 0 Å². The van der Waals surface area contributed by atoms with Gasteiger partial charge >= 0.3 is 0 Å². The van der Waals surface area contributed by atoms with Crippen LogP contribution >= 0.6 is 11.8 Å². The highest BCUT2D eigenvalue weighted by Gasteiger charge is 2.26. The van der Waals surface area contributed by atoms with Crippen molar-refractivity contribution in [3.8, 4) is 0 Å². The minimum Gasteiger partial charge on any atom is -0.356 e. The van der Waals surface area contributed by atoms with Gasteiger partial charge in [-0.25, -0.2) is 9.97 Å². The molecule has 4 rings (SSSR count). The van der Waals surface area contributed by atoms with Crippen molar-refractivity contribution in [2.24, 2.45) is 0 Å². The highest BCUT2D eigenvalue weighted by Crippen LogP contribution is 2.30. The monoisotopic (exact) mass is 396 g/mol. The standard InChI is InChI=1S/C22H28N4OS/c1-15-23-19-9-5-3-7-17(19)21(24-15)26-13-11-16(12-14-26)25-22(27)18-8-4-6-10-20(18)28-2/h4,6,8,10,16H,3,5,7,9,11-14H2,1-2H3,(H,25,27). The van der Waals surface area contributed by atoms with E-state index in [1.165, 1.54) is 24.1 Å². The third-order valence-corrected chi connectivity index (χ3v) is 6.55. The maximum Gasteiger partial charge on any atom is 0.252 e. The summed E-state index contributed by atoms with van der Waals surface area (Å²) in [5.74, 6) is 2.05. The van der Waals surface area contributed by atoms with E-state index < -0.39 is 0 Å². The lowest BCUT2D eigenvalue weighted by atomic mass is 9.95. The van der Waals surface area contributed by atoms with Crippen LogP contribution in [0.25, 0.3) is 0 Å². The molecule has 0 radical (unpaired) electrons. The van der Waals surface area contributed by atoms with Crippen molar-refractivity contribution in [2.75, 3.05) is 24.2 Å². The Morgan fingerprint density at radius 3 is 2.68 bits per heavy atom. The van der Waals surface area contributed by atoms with Gasteiger partial charge in [-0.15, -0.1) is 11.8 Å². The predicted molar refractivity (Wildman–Crippen MR) is 114 cm³/mol. The van der Waals surface area contributed by atoms with E-state index in [1.807, 2.05) is 37.4 Å². The lowest BCUT2D eigenvalue weighted by Crippen LogP contribution is -2.45. The average molecular weight is 397 g/mol. The van der Waals surface area contributed by atoms with Crippen LogP contribution in [0.15, 0.2) is 29.2 Å². The van der Waals surface area contributed by atoms with Crippen LogP contribution in [0.5, 0.6) is 0 Å². The van der Waals surface area contributed by atoms with Crippen LogP contribution in [-0.4, -0.2) is 41.3 Å². The summed E-state index contributed by atoms with van der Waals surface area (Å²) in [5.41, 5.74) is 3.38. The Morgan fingerprint density at radius 1 is 1.14 bits per heavy atom. The molecule has 5 nitrogen and oxygen atoms in total. The van der Waals surface area contributed by atoms with Crippen LogP contribution in [0.1, 0.15) is 53.1 Å². The van der Waals surface area contributed by atoms with Gasteiger partial charge in [0.1, 0.15) is 11.6 Å². The largest absolute Gasteiger partial charge is 0.356 e. The Balaban J connectivity index is 1.42. The molecular weight excluding hydrogens is 368 g/mol. The van der Waals surface area contributed by atoms with Crippen molar-refractivity contribution < 1.29 is 4.79 Å². The molecule has 0 atom stereocenters. The molecule has 0 saturated carbocycles. The van der Waals surface area contributed by atoms with E-state index in [0.717, 1.165) is 60.9 Å². The molecule has 0 unspecified atom stereocenters.